The Bertz CT molecular complexity index is 1170. The Morgan fingerprint density at radius 1 is 1.00 bits per heavy atom. The van der Waals surface area contributed by atoms with Crippen LogP contribution in [0, 0.1) is 10.1 Å². The smallest absolute Gasteiger partial charge is 0.271 e. The molecule has 3 aromatic rings. The van der Waals surface area contributed by atoms with Gasteiger partial charge in [0.05, 0.1) is 18.2 Å². The fraction of sp³-hybridized carbons (Fsp3) is 0.0455. The van der Waals surface area contributed by atoms with E-state index in [2.05, 4.69) is 15.8 Å². The third-order valence-electron chi connectivity index (χ3n) is 4.35. The van der Waals surface area contributed by atoms with Crippen molar-refractivity contribution < 1.29 is 24.4 Å². The summed E-state index contributed by atoms with van der Waals surface area (Å²) in [5, 5.41) is 27.0. The molecule has 0 atom stereocenters. The van der Waals surface area contributed by atoms with E-state index < -0.39 is 10.8 Å². The number of hydrazone groups is 1. The first-order valence-corrected chi connectivity index (χ1v) is 9.23. The molecule has 32 heavy (non-hydrogen) atoms. The number of benzene rings is 3. The van der Waals surface area contributed by atoms with Gasteiger partial charge in [0.15, 0.2) is 0 Å². The van der Waals surface area contributed by atoms with Gasteiger partial charge in [-0.3, -0.25) is 19.7 Å². The van der Waals surface area contributed by atoms with Gasteiger partial charge in [-0.1, -0.05) is 0 Å². The van der Waals surface area contributed by atoms with Crippen molar-refractivity contribution in [2.75, 3.05) is 12.4 Å². The van der Waals surface area contributed by atoms with Crippen molar-refractivity contribution in [2.24, 2.45) is 5.10 Å². The molecule has 162 valence electrons. The van der Waals surface area contributed by atoms with Crippen molar-refractivity contribution in [1.29, 1.82) is 0 Å². The SMILES string of the molecule is COc1ccc(C(=O)Nc2ccc(C(=O)N/N=C\c3cc([N+](=O)[O-])ccc3O)cc2)cc1. The molecule has 0 aromatic heterocycles. The maximum atomic E-state index is 12.3. The fourth-order valence-electron chi connectivity index (χ4n) is 2.63. The Kier molecular flexibility index (Phi) is 6.76. The van der Waals surface area contributed by atoms with Crippen LogP contribution in [0.2, 0.25) is 0 Å². The van der Waals surface area contributed by atoms with E-state index in [1.54, 1.807) is 36.4 Å². The van der Waals surface area contributed by atoms with Crippen molar-refractivity contribution in [3.63, 3.8) is 0 Å². The molecular formula is C22H18N4O6. The quantitative estimate of drug-likeness (QED) is 0.296. The lowest BCUT2D eigenvalue weighted by Crippen LogP contribution is -2.18. The molecule has 2 amide bonds. The minimum atomic E-state index is -0.607. The minimum absolute atomic E-state index is 0.0797. The fourth-order valence-corrected chi connectivity index (χ4v) is 2.63. The largest absolute Gasteiger partial charge is 0.507 e. The molecule has 0 unspecified atom stereocenters. The van der Waals surface area contributed by atoms with Crippen molar-refractivity contribution >= 4 is 29.4 Å². The molecule has 0 bridgehead atoms. The second-order valence-electron chi connectivity index (χ2n) is 6.46. The summed E-state index contributed by atoms with van der Waals surface area (Å²) in [5.41, 5.74) is 3.35. The molecule has 0 heterocycles. The second-order valence-corrected chi connectivity index (χ2v) is 6.46. The van der Waals surface area contributed by atoms with E-state index in [9.17, 15) is 24.8 Å². The number of nitrogens with one attached hydrogen (secondary N) is 2. The number of phenols is 1. The van der Waals surface area contributed by atoms with Crippen LogP contribution in [0.4, 0.5) is 11.4 Å². The maximum Gasteiger partial charge on any atom is 0.271 e. The Morgan fingerprint density at radius 3 is 2.25 bits per heavy atom. The highest BCUT2D eigenvalue weighted by atomic mass is 16.6. The van der Waals surface area contributed by atoms with E-state index in [0.717, 1.165) is 18.3 Å². The number of nitrogens with zero attached hydrogens (tertiary/aromatic N) is 2. The number of methoxy groups -OCH3 is 1. The zero-order chi connectivity index (χ0) is 23.1. The number of anilines is 1. The number of phenolic OH excluding ortho intramolecular Hbond substituents is 1. The molecule has 0 radical (unpaired) electrons. The van der Waals surface area contributed by atoms with E-state index in [1.165, 1.54) is 25.3 Å². The van der Waals surface area contributed by atoms with Crippen molar-refractivity contribution in [1.82, 2.24) is 5.43 Å². The number of carbonyl (C=O) groups excluding carboxylic acids is 2. The van der Waals surface area contributed by atoms with E-state index >= 15 is 0 Å². The first-order chi connectivity index (χ1) is 15.4. The first-order valence-electron chi connectivity index (χ1n) is 9.23. The summed E-state index contributed by atoms with van der Waals surface area (Å²) in [6.45, 7) is 0. The van der Waals surface area contributed by atoms with E-state index in [4.69, 9.17) is 4.74 Å². The van der Waals surface area contributed by atoms with Crippen LogP contribution in [-0.2, 0) is 0 Å². The van der Waals surface area contributed by atoms with Crippen LogP contribution in [0.3, 0.4) is 0 Å². The Labute approximate surface area is 182 Å². The summed E-state index contributed by atoms with van der Waals surface area (Å²) >= 11 is 0. The summed E-state index contributed by atoms with van der Waals surface area (Å²) in [4.78, 5) is 34.7. The predicted octanol–water partition coefficient (Wildman–Crippen LogP) is 3.33. The van der Waals surface area contributed by atoms with Crippen LogP contribution < -0.4 is 15.5 Å². The van der Waals surface area contributed by atoms with Crippen molar-refractivity contribution in [3.8, 4) is 11.5 Å². The zero-order valence-electron chi connectivity index (χ0n) is 16.8. The molecular weight excluding hydrogens is 416 g/mol. The highest BCUT2D eigenvalue weighted by Gasteiger charge is 2.10. The van der Waals surface area contributed by atoms with Gasteiger partial charge in [0.2, 0.25) is 0 Å². The van der Waals surface area contributed by atoms with Gasteiger partial charge in [-0.05, 0) is 54.6 Å². The third-order valence-corrected chi connectivity index (χ3v) is 4.35. The number of nitro groups is 1. The lowest BCUT2D eigenvalue weighted by molar-refractivity contribution is -0.384. The number of carbonyl (C=O) groups is 2. The van der Waals surface area contributed by atoms with Crippen molar-refractivity contribution in [2.45, 2.75) is 0 Å². The topological polar surface area (TPSA) is 143 Å². The Morgan fingerprint density at radius 2 is 1.62 bits per heavy atom. The average molecular weight is 434 g/mol. The standard InChI is InChI=1S/C22H18N4O6/c1-32-19-9-4-14(5-10-19)21(28)24-17-6-2-15(3-7-17)22(29)25-23-13-16-12-18(26(30)31)8-11-20(16)27/h2-13,27H,1H3,(H,24,28)(H,25,29)/b23-13-. The van der Waals surface area contributed by atoms with Gasteiger partial charge in [-0.2, -0.15) is 5.10 Å². The van der Waals surface area contributed by atoms with Crippen LogP contribution in [0.5, 0.6) is 11.5 Å². The van der Waals surface area contributed by atoms with Crippen LogP contribution in [-0.4, -0.2) is 35.2 Å². The lowest BCUT2D eigenvalue weighted by atomic mass is 10.1. The Hall–Kier alpha value is -4.73. The van der Waals surface area contributed by atoms with E-state index in [1.807, 2.05) is 0 Å². The number of non-ortho nitro benzene ring substituents is 1. The summed E-state index contributed by atoms with van der Waals surface area (Å²) in [6, 6.07) is 16.2. The summed E-state index contributed by atoms with van der Waals surface area (Å²) in [7, 11) is 1.54. The monoisotopic (exact) mass is 434 g/mol. The molecule has 0 saturated carbocycles. The van der Waals surface area contributed by atoms with Gasteiger partial charge in [0.1, 0.15) is 11.5 Å². The average Bonchev–Trinajstić information content (AvgIpc) is 2.80. The molecule has 3 rings (SSSR count). The summed E-state index contributed by atoms with van der Waals surface area (Å²) < 4.78 is 5.06. The van der Waals surface area contributed by atoms with Gasteiger partial charge in [0.25, 0.3) is 17.5 Å². The minimum Gasteiger partial charge on any atom is -0.507 e. The molecule has 10 heteroatoms. The number of nitro benzene ring substituents is 1. The van der Waals surface area contributed by atoms with Crippen LogP contribution >= 0.6 is 0 Å². The first kappa shape index (κ1) is 22.0. The number of amides is 2. The molecule has 0 spiro atoms. The lowest BCUT2D eigenvalue weighted by Gasteiger charge is -2.07. The second kappa shape index (κ2) is 9.85. The number of hydrogen-bond donors (Lipinski definition) is 3. The maximum absolute atomic E-state index is 12.3. The molecule has 3 N–H and O–H groups in total. The van der Waals surface area contributed by atoms with Crippen LogP contribution in [0.25, 0.3) is 0 Å². The number of rotatable bonds is 7. The molecule has 0 aliphatic carbocycles. The number of ether oxygens (including phenoxy) is 1. The Balaban J connectivity index is 1.60. The summed E-state index contributed by atoms with van der Waals surface area (Å²) in [6.07, 6.45) is 1.10. The van der Waals surface area contributed by atoms with Gasteiger partial charge >= 0.3 is 0 Å². The highest BCUT2D eigenvalue weighted by molar-refractivity contribution is 6.04. The molecule has 0 aliphatic rings. The normalized spacial score (nSPS) is 10.5. The third kappa shape index (κ3) is 5.45. The van der Waals surface area contributed by atoms with Crippen LogP contribution in [0.1, 0.15) is 26.3 Å². The molecule has 0 fully saturated rings. The molecule has 0 saturated heterocycles. The number of aromatic hydroxyl groups is 1. The molecule has 0 aliphatic heterocycles. The van der Waals surface area contributed by atoms with E-state index in [-0.39, 0.29) is 28.5 Å². The summed E-state index contributed by atoms with van der Waals surface area (Å²) in [5.74, 6) is -0.434. The van der Waals surface area contributed by atoms with E-state index in [0.29, 0.717) is 17.0 Å². The van der Waals surface area contributed by atoms with Gasteiger partial charge in [0, 0.05) is 34.5 Å². The van der Waals surface area contributed by atoms with Gasteiger partial charge < -0.3 is 15.2 Å². The van der Waals surface area contributed by atoms with Gasteiger partial charge in [-0.25, -0.2) is 5.43 Å². The number of hydrogen-bond acceptors (Lipinski definition) is 7. The van der Waals surface area contributed by atoms with Gasteiger partial charge in [-0.15, -0.1) is 0 Å². The zero-order valence-corrected chi connectivity index (χ0v) is 16.8. The van der Waals surface area contributed by atoms with Crippen LogP contribution in [0.15, 0.2) is 71.8 Å². The van der Waals surface area contributed by atoms with Crippen molar-refractivity contribution in [3.05, 3.63) is 93.5 Å². The molecule has 3 aromatic carbocycles. The predicted molar refractivity (Wildman–Crippen MR) is 117 cm³/mol. The highest BCUT2D eigenvalue weighted by Crippen LogP contribution is 2.21. The molecule has 10 nitrogen and oxygen atoms in total.